The molecule has 8 nitrogen and oxygen atoms in total. The number of hydrogen-bond donors (Lipinski definition) is 2. The van der Waals surface area contributed by atoms with Crippen LogP contribution in [-0.4, -0.2) is 40.1 Å². The largest absolute Gasteiger partial charge is 0.336 e. The van der Waals surface area contributed by atoms with E-state index in [0.717, 1.165) is 22.3 Å². The number of nitrogens with one attached hydrogen (secondary N) is 2. The van der Waals surface area contributed by atoms with Crippen LogP contribution in [0.15, 0.2) is 67.4 Å². The van der Waals surface area contributed by atoms with E-state index >= 15 is 0 Å². The van der Waals surface area contributed by atoms with Crippen molar-refractivity contribution in [2.24, 2.45) is 0 Å². The minimum absolute atomic E-state index is 0.327. The van der Waals surface area contributed by atoms with Crippen molar-refractivity contribution in [3.63, 3.8) is 0 Å². The van der Waals surface area contributed by atoms with Crippen molar-refractivity contribution >= 4 is 22.1 Å². The van der Waals surface area contributed by atoms with Crippen molar-refractivity contribution in [3.8, 4) is 34.0 Å². The Morgan fingerprint density at radius 3 is 2.55 bits per heavy atom. The summed E-state index contributed by atoms with van der Waals surface area (Å²) in [7, 11) is 0. The number of imidazole rings is 1. The average Bonchev–Trinajstić information content (AvgIpc) is 3.43. The molecule has 148 valence electrons. The number of benzene rings is 1. The molecule has 9 heteroatoms. The summed E-state index contributed by atoms with van der Waals surface area (Å²) in [4.78, 5) is 25.3. The Morgan fingerprint density at radius 2 is 1.68 bits per heavy atom. The standard InChI is InChI=1S/C22H13FN8/c23-14-3-1-2-12(8-14)18-19-16(6-7-26-18)28-22(29-19)21-20-17(30-31-21)5-4-15(27-20)13-9-24-11-25-10-13/h1-11H,(H,28,29)(H,30,31). The molecule has 0 saturated heterocycles. The van der Waals surface area contributed by atoms with Crippen molar-refractivity contribution < 1.29 is 4.39 Å². The van der Waals surface area contributed by atoms with E-state index in [4.69, 9.17) is 9.97 Å². The van der Waals surface area contributed by atoms with E-state index in [-0.39, 0.29) is 5.82 Å². The number of aromatic nitrogens is 8. The highest BCUT2D eigenvalue weighted by atomic mass is 19.1. The molecule has 31 heavy (non-hydrogen) atoms. The van der Waals surface area contributed by atoms with Crippen molar-refractivity contribution in [2.45, 2.75) is 0 Å². The van der Waals surface area contributed by atoms with Crippen molar-refractivity contribution in [1.82, 2.24) is 40.1 Å². The number of nitrogens with zero attached hydrogens (tertiary/aromatic N) is 6. The van der Waals surface area contributed by atoms with Gasteiger partial charge in [-0.05, 0) is 30.3 Å². The highest BCUT2D eigenvalue weighted by Gasteiger charge is 2.17. The maximum atomic E-state index is 13.7. The lowest BCUT2D eigenvalue weighted by Crippen LogP contribution is -1.88. The first-order valence-corrected chi connectivity index (χ1v) is 9.48. The second kappa shape index (κ2) is 6.77. The molecule has 5 heterocycles. The van der Waals surface area contributed by atoms with Crippen LogP contribution in [0.1, 0.15) is 0 Å². The molecular weight excluding hydrogens is 395 g/mol. The highest BCUT2D eigenvalue weighted by molar-refractivity contribution is 5.95. The molecule has 0 bridgehead atoms. The van der Waals surface area contributed by atoms with E-state index < -0.39 is 0 Å². The maximum absolute atomic E-state index is 13.7. The minimum Gasteiger partial charge on any atom is -0.336 e. The molecule has 6 aromatic rings. The molecule has 0 aliphatic rings. The van der Waals surface area contributed by atoms with E-state index in [2.05, 4.69) is 30.1 Å². The van der Waals surface area contributed by atoms with Gasteiger partial charge >= 0.3 is 0 Å². The molecule has 0 atom stereocenters. The third kappa shape index (κ3) is 2.91. The maximum Gasteiger partial charge on any atom is 0.161 e. The van der Waals surface area contributed by atoms with Gasteiger partial charge in [0, 0.05) is 29.7 Å². The Morgan fingerprint density at radius 1 is 0.806 bits per heavy atom. The summed E-state index contributed by atoms with van der Waals surface area (Å²) in [5.74, 6) is 0.216. The number of aromatic amines is 2. The second-order valence-electron chi connectivity index (χ2n) is 6.94. The minimum atomic E-state index is -0.327. The molecule has 1 aromatic carbocycles. The van der Waals surface area contributed by atoms with Gasteiger partial charge in [-0.1, -0.05) is 12.1 Å². The number of hydrogen-bond acceptors (Lipinski definition) is 6. The van der Waals surface area contributed by atoms with Crippen molar-refractivity contribution in [2.75, 3.05) is 0 Å². The molecule has 0 aliphatic carbocycles. The Bertz CT molecular complexity index is 1550. The SMILES string of the molecule is Fc1cccc(-c2nccc3[nH]c(-c4n[nH]c5ccc(-c6cncnc6)nc45)nc23)c1. The molecule has 5 aromatic heterocycles. The summed E-state index contributed by atoms with van der Waals surface area (Å²) in [6, 6.07) is 11.9. The highest BCUT2D eigenvalue weighted by Crippen LogP contribution is 2.30. The zero-order chi connectivity index (χ0) is 20.8. The van der Waals surface area contributed by atoms with Crippen LogP contribution >= 0.6 is 0 Å². The van der Waals surface area contributed by atoms with Crippen LogP contribution in [-0.2, 0) is 0 Å². The van der Waals surface area contributed by atoms with Gasteiger partial charge in [-0.25, -0.2) is 24.3 Å². The first-order chi connectivity index (χ1) is 15.3. The van der Waals surface area contributed by atoms with E-state index in [9.17, 15) is 4.39 Å². The molecule has 0 fully saturated rings. The van der Waals surface area contributed by atoms with Crippen molar-refractivity contribution in [1.29, 1.82) is 0 Å². The van der Waals surface area contributed by atoms with Crippen LogP contribution < -0.4 is 0 Å². The predicted molar refractivity (Wildman–Crippen MR) is 113 cm³/mol. The van der Waals surface area contributed by atoms with Crippen LogP contribution in [0.5, 0.6) is 0 Å². The fraction of sp³-hybridized carbons (Fsp3) is 0. The molecule has 0 amide bonds. The Balaban J connectivity index is 1.52. The molecule has 0 spiro atoms. The average molecular weight is 408 g/mol. The first-order valence-electron chi connectivity index (χ1n) is 9.48. The Kier molecular flexibility index (Phi) is 3.79. The van der Waals surface area contributed by atoms with Crippen LogP contribution in [0.25, 0.3) is 56.1 Å². The lowest BCUT2D eigenvalue weighted by molar-refractivity contribution is 0.628. The summed E-state index contributed by atoms with van der Waals surface area (Å²) >= 11 is 0. The second-order valence-corrected chi connectivity index (χ2v) is 6.94. The Labute approximate surface area is 174 Å². The predicted octanol–water partition coefficient (Wildman–Crippen LogP) is 4.16. The van der Waals surface area contributed by atoms with Crippen LogP contribution in [0.3, 0.4) is 0 Å². The Hall–Kier alpha value is -4.53. The fourth-order valence-corrected chi connectivity index (χ4v) is 3.55. The molecule has 6 rings (SSSR count). The van der Waals surface area contributed by atoms with E-state index in [1.54, 1.807) is 30.7 Å². The topological polar surface area (TPSA) is 109 Å². The van der Waals surface area contributed by atoms with Gasteiger partial charge in [-0.3, -0.25) is 10.1 Å². The molecule has 0 radical (unpaired) electrons. The summed E-state index contributed by atoms with van der Waals surface area (Å²) in [5, 5.41) is 7.41. The van der Waals surface area contributed by atoms with Gasteiger partial charge in [0.05, 0.1) is 22.4 Å². The van der Waals surface area contributed by atoms with Crippen molar-refractivity contribution in [3.05, 3.63) is 73.2 Å². The molecule has 0 saturated carbocycles. The lowest BCUT2D eigenvalue weighted by Gasteiger charge is -2.01. The number of fused-ring (bicyclic) bond motifs is 2. The summed E-state index contributed by atoms with van der Waals surface area (Å²) in [5.41, 5.74) is 6.21. The number of rotatable bonds is 3. The van der Waals surface area contributed by atoms with Gasteiger partial charge in [-0.2, -0.15) is 5.10 Å². The van der Waals surface area contributed by atoms with Gasteiger partial charge in [-0.15, -0.1) is 0 Å². The number of pyridine rings is 2. The lowest BCUT2D eigenvalue weighted by atomic mass is 10.1. The molecular formula is C22H13FN8. The van der Waals surface area contributed by atoms with Crippen LogP contribution in [0, 0.1) is 5.82 Å². The van der Waals surface area contributed by atoms with E-state index in [0.29, 0.717) is 33.8 Å². The quantitative estimate of drug-likeness (QED) is 0.455. The number of H-pyrrole nitrogens is 2. The van der Waals surface area contributed by atoms with E-state index in [1.165, 1.54) is 18.5 Å². The van der Waals surface area contributed by atoms with Crippen LogP contribution in [0.2, 0.25) is 0 Å². The van der Waals surface area contributed by atoms with Gasteiger partial charge in [0.15, 0.2) is 11.5 Å². The van der Waals surface area contributed by atoms with Gasteiger partial charge in [0.1, 0.15) is 23.2 Å². The fourth-order valence-electron chi connectivity index (χ4n) is 3.55. The zero-order valence-corrected chi connectivity index (χ0v) is 15.9. The normalized spacial score (nSPS) is 11.4. The summed E-state index contributed by atoms with van der Waals surface area (Å²) in [6.45, 7) is 0. The molecule has 0 aliphatic heterocycles. The zero-order valence-electron chi connectivity index (χ0n) is 15.9. The smallest absolute Gasteiger partial charge is 0.161 e. The van der Waals surface area contributed by atoms with Crippen LogP contribution in [0.4, 0.5) is 4.39 Å². The van der Waals surface area contributed by atoms with E-state index in [1.807, 2.05) is 18.2 Å². The monoisotopic (exact) mass is 408 g/mol. The first kappa shape index (κ1) is 17.3. The van der Waals surface area contributed by atoms with Gasteiger partial charge in [0.2, 0.25) is 0 Å². The van der Waals surface area contributed by atoms with Gasteiger partial charge < -0.3 is 4.98 Å². The summed E-state index contributed by atoms with van der Waals surface area (Å²) < 4.78 is 13.7. The third-order valence-electron chi connectivity index (χ3n) is 4.99. The molecule has 2 N–H and O–H groups in total. The molecule has 0 unspecified atom stereocenters. The third-order valence-corrected chi connectivity index (χ3v) is 4.99. The number of halogens is 1. The summed E-state index contributed by atoms with van der Waals surface area (Å²) in [6.07, 6.45) is 6.56. The van der Waals surface area contributed by atoms with Gasteiger partial charge in [0.25, 0.3) is 0 Å².